The normalized spacial score (nSPS) is 13.8. The topological polar surface area (TPSA) is 0 Å². The van der Waals surface area contributed by atoms with E-state index in [0.29, 0.717) is 5.41 Å². The van der Waals surface area contributed by atoms with Crippen LogP contribution in [0.5, 0.6) is 0 Å². The van der Waals surface area contributed by atoms with Gasteiger partial charge in [0.25, 0.3) is 0 Å². The molecule has 0 aromatic heterocycles. The van der Waals surface area contributed by atoms with Gasteiger partial charge >= 0.3 is 0 Å². The zero-order valence-corrected chi connectivity index (χ0v) is 10.6. The standard InChI is InChI=1S/C14H26/c1-7-10-11-14(5,6)13(9-3)12(4)8-2/h9H,3,7-8,10-11H2,1-2,4-6H3. The van der Waals surface area contributed by atoms with E-state index in [1.54, 1.807) is 0 Å². The van der Waals surface area contributed by atoms with Crippen molar-refractivity contribution in [1.82, 2.24) is 0 Å². The van der Waals surface area contributed by atoms with Crippen LogP contribution in [0.4, 0.5) is 0 Å². The lowest BCUT2D eigenvalue weighted by Crippen LogP contribution is -2.15. The Morgan fingerprint density at radius 2 is 1.86 bits per heavy atom. The molecule has 0 rings (SSSR count). The van der Waals surface area contributed by atoms with Gasteiger partial charge in [-0.3, -0.25) is 0 Å². The number of hydrogen-bond acceptors (Lipinski definition) is 0. The minimum Gasteiger partial charge on any atom is -0.0988 e. The van der Waals surface area contributed by atoms with Crippen molar-refractivity contribution < 1.29 is 0 Å². The lowest BCUT2D eigenvalue weighted by molar-refractivity contribution is 0.396. The second-order valence-electron chi connectivity index (χ2n) is 4.74. The van der Waals surface area contributed by atoms with Crippen molar-refractivity contribution in [2.75, 3.05) is 0 Å². The molecule has 0 saturated carbocycles. The minimum absolute atomic E-state index is 0.303. The van der Waals surface area contributed by atoms with Gasteiger partial charge in [0.2, 0.25) is 0 Å². The molecular formula is C14H26. The molecule has 0 atom stereocenters. The molecule has 0 aliphatic heterocycles. The van der Waals surface area contributed by atoms with Crippen LogP contribution < -0.4 is 0 Å². The molecule has 0 fully saturated rings. The van der Waals surface area contributed by atoms with Crippen molar-refractivity contribution in [3.05, 3.63) is 23.8 Å². The molecule has 0 aromatic rings. The van der Waals surface area contributed by atoms with Crippen molar-refractivity contribution in [1.29, 1.82) is 0 Å². The summed E-state index contributed by atoms with van der Waals surface area (Å²) in [6, 6.07) is 0. The molecule has 0 radical (unpaired) electrons. The second kappa shape index (κ2) is 6.06. The zero-order chi connectivity index (χ0) is 11.2. The number of hydrogen-bond donors (Lipinski definition) is 0. The Balaban J connectivity index is 4.74. The Morgan fingerprint density at radius 3 is 2.21 bits per heavy atom. The van der Waals surface area contributed by atoms with Gasteiger partial charge in [0.1, 0.15) is 0 Å². The van der Waals surface area contributed by atoms with Gasteiger partial charge in [-0.1, -0.05) is 58.8 Å². The molecule has 14 heavy (non-hydrogen) atoms. The lowest BCUT2D eigenvalue weighted by Gasteiger charge is -2.28. The molecule has 0 aliphatic rings. The zero-order valence-electron chi connectivity index (χ0n) is 10.6. The third-order valence-electron chi connectivity index (χ3n) is 3.08. The average Bonchev–Trinajstić information content (AvgIpc) is 2.15. The number of allylic oxidation sites excluding steroid dienone is 3. The van der Waals surface area contributed by atoms with Crippen molar-refractivity contribution in [3.63, 3.8) is 0 Å². The lowest BCUT2D eigenvalue weighted by atomic mass is 9.77. The monoisotopic (exact) mass is 194 g/mol. The third-order valence-corrected chi connectivity index (χ3v) is 3.08. The van der Waals surface area contributed by atoms with Crippen molar-refractivity contribution in [3.8, 4) is 0 Å². The van der Waals surface area contributed by atoms with Crippen LogP contribution in [0.1, 0.15) is 60.3 Å². The van der Waals surface area contributed by atoms with Crippen molar-refractivity contribution in [2.24, 2.45) is 5.41 Å². The summed E-state index contributed by atoms with van der Waals surface area (Å²) in [6.45, 7) is 15.3. The molecule has 0 N–H and O–H groups in total. The Morgan fingerprint density at radius 1 is 1.29 bits per heavy atom. The summed E-state index contributed by atoms with van der Waals surface area (Å²) in [7, 11) is 0. The van der Waals surface area contributed by atoms with E-state index < -0.39 is 0 Å². The summed E-state index contributed by atoms with van der Waals surface area (Å²) >= 11 is 0. The predicted octanol–water partition coefficient (Wildman–Crippen LogP) is 5.12. The first-order valence-corrected chi connectivity index (χ1v) is 5.82. The molecule has 0 nitrogen and oxygen atoms in total. The SMILES string of the molecule is C=CC(=C(C)CC)C(C)(C)CCCC. The maximum absolute atomic E-state index is 3.95. The van der Waals surface area contributed by atoms with E-state index in [1.807, 2.05) is 0 Å². The van der Waals surface area contributed by atoms with Gasteiger partial charge < -0.3 is 0 Å². The summed E-state index contributed by atoms with van der Waals surface area (Å²) in [5, 5.41) is 0. The van der Waals surface area contributed by atoms with Crippen LogP contribution in [0.15, 0.2) is 23.8 Å². The van der Waals surface area contributed by atoms with Crippen LogP contribution in [0, 0.1) is 5.41 Å². The molecule has 0 saturated heterocycles. The Kier molecular flexibility index (Phi) is 5.83. The van der Waals surface area contributed by atoms with Crippen LogP contribution in [-0.2, 0) is 0 Å². The van der Waals surface area contributed by atoms with Crippen LogP contribution in [0.3, 0.4) is 0 Å². The molecular weight excluding hydrogens is 168 g/mol. The van der Waals surface area contributed by atoms with Gasteiger partial charge in [-0.05, 0) is 30.8 Å². The van der Waals surface area contributed by atoms with Gasteiger partial charge in [0.15, 0.2) is 0 Å². The number of rotatable bonds is 6. The maximum atomic E-state index is 3.95. The highest BCUT2D eigenvalue weighted by molar-refractivity contribution is 5.28. The van der Waals surface area contributed by atoms with E-state index in [0.717, 1.165) is 6.42 Å². The summed E-state index contributed by atoms with van der Waals surface area (Å²) < 4.78 is 0. The average molecular weight is 194 g/mol. The molecule has 0 spiro atoms. The Bertz CT molecular complexity index is 206. The fourth-order valence-electron chi connectivity index (χ4n) is 1.97. The van der Waals surface area contributed by atoms with Gasteiger partial charge in [0, 0.05) is 0 Å². The predicted molar refractivity (Wildman–Crippen MR) is 66.5 cm³/mol. The fraction of sp³-hybridized carbons (Fsp3) is 0.714. The Hall–Kier alpha value is -0.520. The van der Waals surface area contributed by atoms with Crippen LogP contribution in [0.25, 0.3) is 0 Å². The molecule has 0 aliphatic carbocycles. The van der Waals surface area contributed by atoms with Crippen molar-refractivity contribution in [2.45, 2.75) is 60.3 Å². The second-order valence-corrected chi connectivity index (χ2v) is 4.74. The van der Waals surface area contributed by atoms with Crippen LogP contribution >= 0.6 is 0 Å². The molecule has 82 valence electrons. The highest BCUT2D eigenvalue weighted by Gasteiger charge is 2.21. The molecule has 0 amide bonds. The quantitative estimate of drug-likeness (QED) is 0.515. The maximum Gasteiger partial charge on any atom is -0.0104 e. The first kappa shape index (κ1) is 13.5. The summed E-state index contributed by atoms with van der Waals surface area (Å²) in [5.41, 5.74) is 3.24. The highest BCUT2D eigenvalue weighted by atomic mass is 14.3. The minimum atomic E-state index is 0.303. The van der Waals surface area contributed by atoms with Gasteiger partial charge in [-0.15, -0.1) is 0 Å². The largest absolute Gasteiger partial charge is 0.0988 e. The Labute approximate surface area is 90.1 Å². The number of unbranched alkanes of at least 4 members (excludes halogenated alkanes) is 1. The van der Waals surface area contributed by atoms with Crippen molar-refractivity contribution >= 4 is 0 Å². The smallest absolute Gasteiger partial charge is 0.0104 e. The summed E-state index contributed by atoms with van der Waals surface area (Å²) in [4.78, 5) is 0. The molecule has 0 heteroatoms. The van der Waals surface area contributed by atoms with E-state index >= 15 is 0 Å². The van der Waals surface area contributed by atoms with Crippen LogP contribution in [0.2, 0.25) is 0 Å². The molecule has 0 aromatic carbocycles. The molecule has 0 bridgehead atoms. The van der Waals surface area contributed by atoms with E-state index in [4.69, 9.17) is 0 Å². The van der Waals surface area contributed by atoms with Gasteiger partial charge in [0.05, 0.1) is 0 Å². The molecule has 0 unspecified atom stereocenters. The van der Waals surface area contributed by atoms with E-state index in [2.05, 4.69) is 47.3 Å². The van der Waals surface area contributed by atoms with E-state index in [1.165, 1.54) is 30.4 Å². The summed E-state index contributed by atoms with van der Waals surface area (Å²) in [5.74, 6) is 0. The third kappa shape index (κ3) is 3.69. The fourth-order valence-corrected chi connectivity index (χ4v) is 1.97. The van der Waals surface area contributed by atoms with Gasteiger partial charge in [-0.2, -0.15) is 0 Å². The first-order valence-electron chi connectivity index (χ1n) is 5.82. The van der Waals surface area contributed by atoms with Crippen LogP contribution in [-0.4, -0.2) is 0 Å². The summed E-state index contributed by atoms with van der Waals surface area (Å²) in [6.07, 6.45) is 7.04. The molecule has 0 heterocycles. The highest BCUT2D eigenvalue weighted by Crippen LogP contribution is 2.35. The van der Waals surface area contributed by atoms with E-state index in [-0.39, 0.29) is 0 Å². The first-order chi connectivity index (χ1) is 6.49. The van der Waals surface area contributed by atoms with E-state index in [9.17, 15) is 0 Å². The van der Waals surface area contributed by atoms with Gasteiger partial charge in [-0.25, -0.2) is 0 Å².